The summed E-state index contributed by atoms with van der Waals surface area (Å²) in [6.45, 7) is 5.54. The average Bonchev–Trinajstić information content (AvgIpc) is 3.28. The lowest BCUT2D eigenvalue weighted by Gasteiger charge is -2.38. The van der Waals surface area contributed by atoms with Crippen molar-refractivity contribution in [2.24, 2.45) is 0 Å². The van der Waals surface area contributed by atoms with Crippen LogP contribution in [0.2, 0.25) is 5.02 Å². The molecule has 0 aliphatic carbocycles. The van der Waals surface area contributed by atoms with Gasteiger partial charge in [-0.3, -0.25) is 19.3 Å². The maximum Gasteiger partial charge on any atom is 0.251 e. The largest absolute Gasteiger partial charge is 0.343 e. The molecule has 4 rings (SSSR count). The van der Waals surface area contributed by atoms with Gasteiger partial charge in [-0.05, 0) is 49.2 Å². The van der Waals surface area contributed by atoms with Gasteiger partial charge < -0.3 is 15.1 Å². The zero-order chi connectivity index (χ0) is 23.4. The highest BCUT2D eigenvalue weighted by atomic mass is 35.5. The SMILES string of the molecule is CC(c1ccccc1Cl)N1CCN(C(=O)CNC(=O)c2ccc(N3CCCC3=O)cc2)CC1. The summed E-state index contributed by atoms with van der Waals surface area (Å²) >= 11 is 6.34. The molecule has 2 aliphatic rings. The molecular weight excluding hydrogens is 440 g/mol. The first-order valence-corrected chi connectivity index (χ1v) is 11.8. The maximum atomic E-state index is 12.6. The normalized spacial score (nSPS) is 17.8. The fourth-order valence-corrected chi connectivity index (χ4v) is 4.75. The molecule has 7 nitrogen and oxygen atoms in total. The fraction of sp³-hybridized carbons (Fsp3) is 0.400. The van der Waals surface area contributed by atoms with E-state index in [2.05, 4.69) is 17.1 Å². The standard InChI is InChI=1S/C25H29ClN4O3/c1-18(21-5-2-3-6-22(21)26)28-13-15-29(16-14-28)24(32)17-27-25(33)19-8-10-20(11-9-19)30-12-4-7-23(30)31/h2-3,5-6,8-11,18H,4,7,12-17H2,1H3,(H,27,33). The third-order valence-electron chi connectivity index (χ3n) is 6.48. The van der Waals surface area contributed by atoms with Crippen molar-refractivity contribution < 1.29 is 14.4 Å². The molecule has 1 atom stereocenters. The predicted octanol–water partition coefficient (Wildman–Crippen LogP) is 3.10. The smallest absolute Gasteiger partial charge is 0.251 e. The third-order valence-corrected chi connectivity index (χ3v) is 6.83. The minimum Gasteiger partial charge on any atom is -0.343 e. The van der Waals surface area contributed by atoms with Gasteiger partial charge in [0.1, 0.15) is 0 Å². The van der Waals surface area contributed by atoms with Crippen LogP contribution < -0.4 is 10.2 Å². The molecule has 2 heterocycles. The summed E-state index contributed by atoms with van der Waals surface area (Å²) in [4.78, 5) is 42.8. The van der Waals surface area contributed by atoms with Crippen LogP contribution in [0.25, 0.3) is 0 Å². The molecule has 3 amide bonds. The summed E-state index contributed by atoms with van der Waals surface area (Å²) in [6.07, 6.45) is 1.42. The topological polar surface area (TPSA) is 73.0 Å². The second-order valence-electron chi connectivity index (χ2n) is 8.49. The van der Waals surface area contributed by atoms with E-state index in [1.54, 1.807) is 34.1 Å². The minimum atomic E-state index is -0.298. The third kappa shape index (κ3) is 5.37. The number of carbonyl (C=O) groups excluding carboxylic acids is 3. The summed E-state index contributed by atoms with van der Waals surface area (Å²) in [6, 6.07) is 15.0. The number of piperazine rings is 1. The van der Waals surface area contributed by atoms with E-state index in [1.165, 1.54) is 0 Å². The monoisotopic (exact) mass is 468 g/mol. The van der Waals surface area contributed by atoms with Crippen LogP contribution in [0.1, 0.15) is 41.7 Å². The van der Waals surface area contributed by atoms with Crippen LogP contribution in [0, 0.1) is 0 Å². The van der Waals surface area contributed by atoms with Crippen LogP contribution in [0.3, 0.4) is 0 Å². The Morgan fingerprint density at radius 1 is 1.00 bits per heavy atom. The van der Waals surface area contributed by atoms with Gasteiger partial charge in [-0.15, -0.1) is 0 Å². The Hall–Kier alpha value is -2.90. The van der Waals surface area contributed by atoms with Crippen LogP contribution in [0.4, 0.5) is 5.69 Å². The van der Waals surface area contributed by atoms with Crippen LogP contribution in [-0.4, -0.2) is 66.8 Å². The van der Waals surface area contributed by atoms with Crippen molar-refractivity contribution in [3.8, 4) is 0 Å². The van der Waals surface area contributed by atoms with Crippen LogP contribution in [0.15, 0.2) is 48.5 Å². The van der Waals surface area contributed by atoms with E-state index < -0.39 is 0 Å². The van der Waals surface area contributed by atoms with Crippen LogP contribution in [-0.2, 0) is 9.59 Å². The van der Waals surface area contributed by atoms with Gasteiger partial charge in [0.15, 0.2) is 0 Å². The van der Waals surface area contributed by atoms with Gasteiger partial charge in [0.2, 0.25) is 11.8 Å². The summed E-state index contributed by atoms with van der Waals surface area (Å²) < 4.78 is 0. The zero-order valence-corrected chi connectivity index (χ0v) is 19.6. The average molecular weight is 469 g/mol. The number of amides is 3. The van der Waals surface area contributed by atoms with E-state index in [1.807, 2.05) is 24.3 Å². The number of hydrogen-bond acceptors (Lipinski definition) is 4. The number of carbonyl (C=O) groups is 3. The second-order valence-corrected chi connectivity index (χ2v) is 8.90. The predicted molar refractivity (Wildman–Crippen MR) is 128 cm³/mol. The van der Waals surface area contributed by atoms with Gasteiger partial charge in [-0.25, -0.2) is 0 Å². The molecule has 174 valence electrons. The molecule has 2 aromatic rings. The van der Waals surface area contributed by atoms with E-state index in [0.717, 1.165) is 35.8 Å². The summed E-state index contributed by atoms with van der Waals surface area (Å²) in [5.41, 5.74) is 2.36. The van der Waals surface area contributed by atoms with Gasteiger partial charge in [0.05, 0.1) is 6.54 Å². The number of rotatable bonds is 6. The maximum absolute atomic E-state index is 12.6. The first-order valence-electron chi connectivity index (χ1n) is 11.4. The number of nitrogens with one attached hydrogen (secondary N) is 1. The van der Waals surface area contributed by atoms with E-state index in [9.17, 15) is 14.4 Å². The molecule has 2 fully saturated rings. The number of hydrogen-bond donors (Lipinski definition) is 1. The molecule has 0 radical (unpaired) electrons. The summed E-state index contributed by atoms with van der Waals surface area (Å²) in [5, 5.41) is 3.48. The van der Waals surface area contributed by atoms with E-state index in [0.29, 0.717) is 31.6 Å². The molecule has 0 spiro atoms. The van der Waals surface area contributed by atoms with Gasteiger partial charge in [-0.2, -0.15) is 0 Å². The van der Waals surface area contributed by atoms with Crippen molar-refractivity contribution in [1.82, 2.24) is 15.1 Å². The Morgan fingerprint density at radius 3 is 2.33 bits per heavy atom. The van der Waals surface area contributed by atoms with Crippen LogP contribution in [0.5, 0.6) is 0 Å². The molecule has 2 saturated heterocycles. The molecule has 0 saturated carbocycles. The van der Waals surface area contributed by atoms with Crippen molar-refractivity contribution in [2.75, 3.05) is 44.2 Å². The Labute approximate surface area is 199 Å². The van der Waals surface area contributed by atoms with Gasteiger partial charge in [-0.1, -0.05) is 29.8 Å². The Balaban J connectivity index is 1.24. The molecule has 33 heavy (non-hydrogen) atoms. The molecule has 0 aromatic heterocycles. The highest BCUT2D eigenvalue weighted by Crippen LogP contribution is 2.27. The molecule has 8 heteroatoms. The van der Waals surface area contributed by atoms with Crippen molar-refractivity contribution in [3.05, 3.63) is 64.7 Å². The van der Waals surface area contributed by atoms with Crippen molar-refractivity contribution in [1.29, 1.82) is 0 Å². The van der Waals surface area contributed by atoms with Gasteiger partial charge in [0.25, 0.3) is 5.91 Å². The number of halogens is 1. The first-order chi connectivity index (χ1) is 15.9. The Morgan fingerprint density at radius 2 is 1.70 bits per heavy atom. The van der Waals surface area contributed by atoms with Gasteiger partial charge in [0, 0.05) is 61.5 Å². The number of anilines is 1. The zero-order valence-electron chi connectivity index (χ0n) is 18.8. The lowest BCUT2D eigenvalue weighted by molar-refractivity contribution is -0.132. The Bertz CT molecular complexity index is 1020. The number of nitrogens with zero attached hydrogens (tertiary/aromatic N) is 3. The van der Waals surface area contributed by atoms with E-state index in [4.69, 9.17) is 11.6 Å². The molecule has 0 bridgehead atoms. The molecule has 1 N–H and O–H groups in total. The van der Waals surface area contributed by atoms with Crippen LogP contribution >= 0.6 is 11.6 Å². The van der Waals surface area contributed by atoms with Crippen molar-refractivity contribution in [3.63, 3.8) is 0 Å². The second kappa shape index (κ2) is 10.4. The van der Waals surface area contributed by atoms with E-state index in [-0.39, 0.29) is 30.3 Å². The molecule has 2 aromatic carbocycles. The molecular formula is C25H29ClN4O3. The first kappa shape index (κ1) is 23.3. The van der Waals surface area contributed by atoms with Crippen molar-refractivity contribution in [2.45, 2.75) is 25.8 Å². The van der Waals surface area contributed by atoms with Gasteiger partial charge >= 0.3 is 0 Å². The minimum absolute atomic E-state index is 0.0364. The fourth-order valence-electron chi connectivity index (χ4n) is 4.45. The number of benzene rings is 2. The quantitative estimate of drug-likeness (QED) is 0.707. The highest BCUT2D eigenvalue weighted by Gasteiger charge is 2.26. The van der Waals surface area contributed by atoms with Crippen molar-refractivity contribution >= 4 is 35.0 Å². The Kier molecular flexibility index (Phi) is 7.30. The molecule has 1 unspecified atom stereocenters. The lowest BCUT2D eigenvalue weighted by atomic mass is 10.1. The molecule has 2 aliphatic heterocycles. The summed E-state index contributed by atoms with van der Waals surface area (Å²) in [5.74, 6) is -0.277. The van der Waals surface area contributed by atoms with E-state index >= 15 is 0 Å². The lowest BCUT2D eigenvalue weighted by Crippen LogP contribution is -2.51. The highest BCUT2D eigenvalue weighted by molar-refractivity contribution is 6.31. The summed E-state index contributed by atoms with van der Waals surface area (Å²) in [7, 11) is 0.